The third-order valence-electron chi connectivity index (χ3n) is 3.61. The molecule has 6 nitrogen and oxygen atoms in total. The normalized spacial score (nSPS) is 13.2. The van der Waals surface area contributed by atoms with Gasteiger partial charge in [-0.05, 0) is 31.0 Å². The molecule has 1 aromatic carbocycles. The van der Waals surface area contributed by atoms with Gasteiger partial charge in [-0.1, -0.05) is 6.92 Å². The molecular weight excluding hydrogens is 327 g/mol. The number of imidazole rings is 1. The molecular formula is C15H18F3N3O3. The van der Waals surface area contributed by atoms with Crippen molar-refractivity contribution in [2.45, 2.75) is 38.6 Å². The van der Waals surface area contributed by atoms with Crippen LogP contribution in [0.15, 0.2) is 23.0 Å². The van der Waals surface area contributed by atoms with E-state index in [1.165, 1.54) is 18.2 Å². The van der Waals surface area contributed by atoms with Crippen LogP contribution in [0.25, 0.3) is 11.0 Å². The zero-order valence-corrected chi connectivity index (χ0v) is 13.0. The fourth-order valence-electron chi connectivity index (χ4n) is 2.30. The lowest BCUT2D eigenvalue weighted by Crippen LogP contribution is -2.27. The number of aromatic nitrogens is 2. The summed E-state index contributed by atoms with van der Waals surface area (Å²) in [4.78, 5) is 26.0. The first-order valence-electron chi connectivity index (χ1n) is 7.47. The Morgan fingerprint density at radius 1 is 1.42 bits per heavy atom. The number of nitrogens with zero attached hydrogens (tertiary/aromatic N) is 1. The highest BCUT2D eigenvalue weighted by molar-refractivity contribution is 5.97. The molecule has 0 aliphatic rings. The molecule has 2 aromatic rings. The highest BCUT2D eigenvalue weighted by Gasteiger charge is 2.29. The molecule has 0 aliphatic carbocycles. The van der Waals surface area contributed by atoms with Gasteiger partial charge in [0.15, 0.2) is 0 Å². The first-order valence-corrected chi connectivity index (χ1v) is 7.47. The quantitative estimate of drug-likeness (QED) is 0.746. The van der Waals surface area contributed by atoms with Crippen LogP contribution in [0.4, 0.5) is 13.2 Å². The van der Waals surface area contributed by atoms with E-state index in [0.717, 1.165) is 0 Å². The van der Waals surface area contributed by atoms with E-state index >= 15 is 0 Å². The molecule has 0 aliphatic heterocycles. The highest BCUT2D eigenvalue weighted by atomic mass is 19.4. The fraction of sp³-hybridized carbons (Fsp3) is 0.467. The maximum Gasteiger partial charge on any atom is 0.406 e. The molecule has 0 radical (unpaired) electrons. The second-order valence-corrected chi connectivity index (χ2v) is 5.47. The van der Waals surface area contributed by atoms with Crippen molar-refractivity contribution in [2.75, 3.05) is 6.54 Å². The Morgan fingerprint density at radius 2 is 2.12 bits per heavy atom. The van der Waals surface area contributed by atoms with Crippen LogP contribution in [-0.2, 0) is 6.54 Å². The minimum absolute atomic E-state index is 0.0790. The van der Waals surface area contributed by atoms with Crippen LogP contribution >= 0.6 is 0 Å². The van der Waals surface area contributed by atoms with Crippen molar-refractivity contribution in [3.05, 3.63) is 34.2 Å². The molecule has 3 N–H and O–H groups in total. The summed E-state index contributed by atoms with van der Waals surface area (Å²) in [7, 11) is 0. The summed E-state index contributed by atoms with van der Waals surface area (Å²) in [6.07, 6.45) is -4.03. The number of halogens is 3. The lowest BCUT2D eigenvalue weighted by molar-refractivity contribution is -0.140. The van der Waals surface area contributed by atoms with Crippen LogP contribution in [0.2, 0.25) is 0 Å². The summed E-state index contributed by atoms with van der Waals surface area (Å²) in [5, 5.41) is 12.0. The smallest absolute Gasteiger partial charge is 0.393 e. The fourth-order valence-corrected chi connectivity index (χ4v) is 2.30. The van der Waals surface area contributed by atoms with Crippen LogP contribution < -0.4 is 11.0 Å². The summed E-state index contributed by atoms with van der Waals surface area (Å²) in [5.41, 5.74) is -0.430. The zero-order valence-electron chi connectivity index (χ0n) is 13.0. The van der Waals surface area contributed by atoms with E-state index in [4.69, 9.17) is 0 Å². The predicted octanol–water partition coefficient (Wildman–Crippen LogP) is 1.78. The molecule has 0 spiro atoms. The van der Waals surface area contributed by atoms with Gasteiger partial charge in [0.2, 0.25) is 0 Å². The number of carbonyl (C=O) groups is 1. The molecule has 1 heterocycles. The second kappa shape index (κ2) is 7.08. The van der Waals surface area contributed by atoms with Gasteiger partial charge in [0, 0.05) is 12.1 Å². The van der Waals surface area contributed by atoms with Crippen molar-refractivity contribution >= 4 is 16.9 Å². The van der Waals surface area contributed by atoms with Gasteiger partial charge in [-0.2, -0.15) is 13.2 Å². The lowest BCUT2D eigenvalue weighted by atomic mass is 10.1. The van der Waals surface area contributed by atoms with Gasteiger partial charge in [-0.3, -0.25) is 9.36 Å². The van der Waals surface area contributed by atoms with E-state index in [1.807, 2.05) is 6.92 Å². The average Bonchev–Trinajstić information content (AvgIpc) is 2.80. The second-order valence-electron chi connectivity index (χ2n) is 5.47. The van der Waals surface area contributed by atoms with Gasteiger partial charge in [-0.25, -0.2) is 4.79 Å². The number of aromatic amines is 1. The number of hydrogen-bond acceptors (Lipinski definition) is 3. The number of fused-ring (bicyclic) bond motifs is 1. The van der Waals surface area contributed by atoms with E-state index in [2.05, 4.69) is 10.3 Å². The Balaban J connectivity index is 2.17. The number of aliphatic hydroxyl groups excluding tert-OH is 1. The van der Waals surface area contributed by atoms with E-state index < -0.39 is 30.4 Å². The monoisotopic (exact) mass is 345 g/mol. The summed E-state index contributed by atoms with van der Waals surface area (Å²) in [6.45, 7) is 0.701. The summed E-state index contributed by atoms with van der Waals surface area (Å²) in [5.74, 6) is -0.426. The summed E-state index contributed by atoms with van der Waals surface area (Å²) >= 11 is 0. The Labute approximate surface area is 135 Å². The molecule has 1 atom stereocenters. The number of rotatable bonds is 6. The number of carbonyl (C=O) groups excluding carboxylic acids is 1. The van der Waals surface area contributed by atoms with Crippen LogP contribution in [-0.4, -0.2) is 39.4 Å². The zero-order chi connectivity index (χ0) is 17.9. The maximum atomic E-state index is 12.5. The van der Waals surface area contributed by atoms with Gasteiger partial charge < -0.3 is 15.4 Å². The van der Waals surface area contributed by atoms with E-state index in [0.29, 0.717) is 17.4 Å². The number of nitrogens with one attached hydrogen (secondary N) is 2. The molecule has 9 heteroatoms. The third kappa shape index (κ3) is 4.38. The van der Waals surface area contributed by atoms with Crippen LogP contribution in [0, 0.1) is 0 Å². The molecule has 0 fully saturated rings. The molecule has 1 amide bonds. The van der Waals surface area contributed by atoms with Crippen LogP contribution in [0.3, 0.4) is 0 Å². The van der Waals surface area contributed by atoms with Gasteiger partial charge >= 0.3 is 11.9 Å². The molecule has 1 aromatic heterocycles. The van der Waals surface area contributed by atoms with Crippen molar-refractivity contribution in [3.8, 4) is 0 Å². The molecule has 0 bridgehead atoms. The van der Waals surface area contributed by atoms with E-state index in [1.54, 1.807) is 0 Å². The minimum Gasteiger partial charge on any atom is -0.393 e. The number of aliphatic hydroxyl groups is 1. The van der Waals surface area contributed by atoms with Crippen molar-refractivity contribution < 1.29 is 23.1 Å². The molecule has 132 valence electrons. The van der Waals surface area contributed by atoms with E-state index in [9.17, 15) is 27.9 Å². The van der Waals surface area contributed by atoms with E-state index in [-0.39, 0.29) is 23.1 Å². The number of alkyl halides is 3. The maximum absolute atomic E-state index is 12.5. The molecule has 0 saturated carbocycles. The Hall–Kier alpha value is -2.29. The molecule has 24 heavy (non-hydrogen) atoms. The Bertz CT molecular complexity index is 780. The lowest BCUT2D eigenvalue weighted by Gasteiger charge is -2.09. The standard InChI is InChI=1S/C15H18F3N3O3/c1-2-10(22)5-6-19-13(23)9-3-4-12-11(7-9)20-14(24)21(12)8-15(16,17)18/h3-4,7,10,22H,2,5-6,8H2,1H3,(H,19,23)(H,20,24). The van der Waals surface area contributed by atoms with Crippen LogP contribution in [0.5, 0.6) is 0 Å². The summed E-state index contributed by atoms with van der Waals surface area (Å²) in [6, 6.07) is 3.98. The molecule has 1 unspecified atom stereocenters. The number of amides is 1. The first kappa shape index (κ1) is 18.1. The largest absolute Gasteiger partial charge is 0.406 e. The Morgan fingerprint density at radius 3 is 2.75 bits per heavy atom. The van der Waals surface area contributed by atoms with Crippen LogP contribution in [0.1, 0.15) is 30.1 Å². The molecule has 2 rings (SSSR count). The topological polar surface area (TPSA) is 87.1 Å². The number of H-pyrrole nitrogens is 1. The Kier molecular flexibility index (Phi) is 5.33. The van der Waals surface area contributed by atoms with Gasteiger partial charge in [0.25, 0.3) is 5.91 Å². The van der Waals surface area contributed by atoms with Gasteiger partial charge in [0.05, 0.1) is 17.1 Å². The van der Waals surface area contributed by atoms with Gasteiger partial charge in [0.1, 0.15) is 6.54 Å². The number of benzene rings is 1. The van der Waals surface area contributed by atoms with Crippen molar-refractivity contribution in [1.29, 1.82) is 0 Å². The number of hydrogen-bond donors (Lipinski definition) is 3. The highest BCUT2D eigenvalue weighted by Crippen LogP contribution is 2.20. The first-order chi connectivity index (χ1) is 11.2. The SMILES string of the molecule is CCC(O)CCNC(=O)c1ccc2c(c1)[nH]c(=O)n2CC(F)(F)F. The van der Waals surface area contributed by atoms with Crippen molar-refractivity contribution in [3.63, 3.8) is 0 Å². The summed E-state index contributed by atoms with van der Waals surface area (Å²) < 4.78 is 38.1. The third-order valence-corrected chi connectivity index (χ3v) is 3.61. The van der Waals surface area contributed by atoms with Crippen molar-refractivity contribution in [1.82, 2.24) is 14.9 Å². The van der Waals surface area contributed by atoms with Gasteiger partial charge in [-0.15, -0.1) is 0 Å². The molecule has 0 saturated heterocycles. The predicted molar refractivity (Wildman–Crippen MR) is 81.9 cm³/mol. The average molecular weight is 345 g/mol. The minimum atomic E-state index is -4.52. The van der Waals surface area contributed by atoms with Crippen molar-refractivity contribution in [2.24, 2.45) is 0 Å².